The van der Waals surface area contributed by atoms with Crippen molar-refractivity contribution in [1.29, 1.82) is 0 Å². The van der Waals surface area contributed by atoms with E-state index in [2.05, 4.69) is 4.98 Å². The van der Waals surface area contributed by atoms with Crippen LogP contribution in [0.4, 0.5) is 0 Å². The van der Waals surface area contributed by atoms with Gasteiger partial charge >= 0.3 is 0 Å². The van der Waals surface area contributed by atoms with Gasteiger partial charge in [0.25, 0.3) is 0 Å². The van der Waals surface area contributed by atoms with Crippen molar-refractivity contribution < 1.29 is 14.3 Å². The zero-order valence-corrected chi connectivity index (χ0v) is 17.8. The van der Waals surface area contributed by atoms with Gasteiger partial charge < -0.3 is 9.30 Å². The van der Waals surface area contributed by atoms with Gasteiger partial charge in [-0.25, -0.2) is 0 Å². The van der Waals surface area contributed by atoms with Crippen LogP contribution in [0.1, 0.15) is 29.8 Å². The summed E-state index contributed by atoms with van der Waals surface area (Å²) in [6.45, 7) is 3.96. The summed E-state index contributed by atoms with van der Waals surface area (Å²) in [7, 11) is 1.60. The molecule has 5 heteroatoms. The average molecular weight is 412 g/mol. The molecule has 0 unspecified atom stereocenters. The van der Waals surface area contributed by atoms with E-state index in [1.165, 1.54) is 0 Å². The first-order valence-corrected chi connectivity index (χ1v) is 10.2. The summed E-state index contributed by atoms with van der Waals surface area (Å²) >= 11 is 0. The van der Waals surface area contributed by atoms with Crippen LogP contribution < -0.4 is 4.74 Å². The van der Waals surface area contributed by atoms with Gasteiger partial charge in [-0.15, -0.1) is 0 Å². The fourth-order valence-electron chi connectivity index (χ4n) is 3.52. The van der Waals surface area contributed by atoms with Crippen LogP contribution in [-0.2, 0) is 11.3 Å². The van der Waals surface area contributed by atoms with Gasteiger partial charge in [0.2, 0.25) is 0 Å². The van der Waals surface area contributed by atoms with E-state index in [1.807, 2.05) is 73.0 Å². The van der Waals surface area contributed by atoms with Gasteiger partial charge in [-0.3, -0.25) is 14.6 Å². The third-order valence-electron chi connectivity index (χ3n) is 5.40. The van der Waals surface area contributed by atoms with E-state index in [4.69, 9.17) is 4.74 Å². The van der Waals surface area contributed by atoms with Gasteiger partial charge in [0.15, 0.2) is 11.6 Å². The number of methoxy groups -OCH3 is 1. The van der Waals surface area contributed by atoms with E-state index in [1.54, 1.807) is 25.6 Å². The molecule has 0 aliphatic rings. The van der Waals surface area contributed by atoms with Crippen molar-refractivity contribution in [3.63, 3.8) is 0 Å². The number of rotatable bonds is 7. The summed E-state index contributed by atoms with van der Waals surface area (Å²) in [5, 5.41) is 0.787. The predicted molar refractivity (Wildman–Crippen MR) is 121 cm³/mol. The van der Waals surface area contributed by atoms with Gasteiger partial charge in [0, 0.05) is 46.5 Å². The number of hydrogen-bond acceptors (Lipinski definition) is 4. The molecule has 0 fully saturated rings. The normalized spacial score (nSPS) is 11.1. The van der Waals surface area contributed by atoms with Gasteiger partial charge in [0.05, 0.1) is 24.9 Å². The Hall–Kier alpha value is -3.73. The lowest BCUT2D eigenvalue weighted by Gasteiger charge is -2.07. The average Bonchev–Trinajstić information content (AvgIpc) is 3.16. The first kappa shape index (κ1) is 20.5. The number of ketones is 2. The highest BCUT2D eigenvalue weighted by molar-refractivity contribution is 6.16. The molecule has 0 aliphatic carbocycles. The largest absolute Gasteiger partial charge is 0.497 e. The van der Waals surface area contributed by atoms with Gasteiger partial charge in [-0.05, 0) is 24.3 Å². The predicted octanol–water partition coefficient (Wildman–Crippen LogP) is 5.17. The summed E-state index contributed by atoms with van der Waals surface area (Å²) in [6.07, 6.45) is 3.37. The number of nitrogens with zero attached hydrogens (tertiary/aromatic N) is 2. The monoisotopic (exact) mass is 412 g/mol. The van der Waals surface area contributed by atoms with Crippen LogP contribution in [0.2, 0.25) is 0 Å². The maximum Gasteiger partial charge on any atom is 0.196 e. The van der Waals surface area contributed by atoms with Crippen molar-refractivity contribution in [3.8, 4) is 17.0 Å². The molecule has 0 spiro atoms. The van der Waals surface area contributed by atoms with E-state index >= 15 is 0 Å². The van der Waals surface area contributed by atoms with Crippen molar-refractivity contribution in [2.45, 2.75) is 20.4 Å². The second-order valence-electron chi connectivity index (χ2n) is 7.80. The molecule has 0 aliphatic heterocycles. The number of hydrogen-bond donors (Lipinski definition) is 0. The zero-order valence-electron chi connectivity index (χ0n) is 17.8. The SMILES string of the molecule is COc1ccc2c(C(=O)c3ccc(-c4ccccc4)nc3)cn(CC(=O)C(C)C)c2c1. The highest BCUT2D eigenvalue weighted by atomic mass is 16.5. The molecule has 0 atom stereocenters. The van der Waals surface area contributed by atoms with Crippen molar-refractivity contribution in [2.75, 3.05) is 7.11 Å². The van der Waals surface area contributed by atoms with Crippen molar-refractivity contribution in [1.82, 2.24) is 9.55 Å². The first-order chi connectivity index (χ1) is 15.0. The second-order valence-corrected chi connectivity index (χ2v) is 7.80. The third-order valence-corrected chi connectivity index (χ3v) is 5.40. The molecule has 0 bridgehead atoms. The number of ether oxygens (including phenoxy) is 1. The number of fused-ring (bicyclic) bond motifs is 1. The van der Waals surface area contributed by atoms with Crippen LogP contribution in [0.5, 0.6) is 5.75 Å². The summed E-state index contributed by atoms with van der Waals surface area (Å²) in [5.41, 5.74) is 3.66. The molecule has 0 radical (unpaired) electrons. The minimum Gasteiger partial charge on any atom is -0.497 e. The van der Waals surface area contributed by atoms with E-state index < -0.39 is 0 Å². The number of carbonyl (C=O) groups is 2. The Morgan fingerprint density at radius 2 is 1.81 bits per heavy atom. The van der Waals surface area contributed by atoms with Crippen LogP contribution in [0.25, 0.3) is 22.2 Å². The van der Waals surface area contributed by atoms with Gasteiger partial charge in [-0.2, -0.15) is 0 Å². The molecule has 4 rings (SSSR count). The summed E-state index contributed by atoms with van der Waals surface area (Å²) in [4.78, 5) is 30.2. The lowest BCUT2D eigenvalue weighted by molar-refractivity contribution is -0.122. The van der Waals surface area contributed by atoms with E-state index in [9.17, 15) is 9.59 Å². The topological polar surface area (TPSA) is 61.2 Å². The first-order valence-electron chi connectivity index (χ1n) is 10.2. The number of aromatic nitrogens is 2. The number of benzene rings is 2. The molecular formula is C26H24N2O3. The maximum absolute atomic E-state index is 13.3. The van der Waals surface area contributed by atoms with Crippen LogP contribution in [0.3, 0.4) is 0 Å². The summed E-state index contributed by atoms with van der Waals surface area (Å²) in [5.74, 6) is 0.569. The molecule has 0 N–H and O–H groups in total. The highest BCUT2D eigenvalue weighted by Gasteiger charge is 2.19. The fourth-order valence-corrected chi connectivity index (χ4v) is 3.52. The molecule has 2 aromatic heterocycles. The van der Waals surface area contributed by atoms with Crippen molar-refractivity contribution in [2.24, 2.45) is 5.92 Å². The molecule has 0 saturated heterocycles. The zero-order chi connectivity index (χ0) is 22.0. The number of pyridine rings is 1. The van der Waals surface area contributed by atoms with E-state index in [-0.39, 0.29) is 24.0 Å². The Morgan fingerprint density at radius 1 is 1.03 bits per heavy atom. The highest BCUT2D eigenvalue weighted by Crippen LogP contribution is 2.28. The third kappa shape index (κ3) is 4.12. The minimum atomic E-state index is -0.127. The quantitative estimate of drug-likeness (QED) is 0.393. The van der Waals surface area contributed by atoms with Gasteiger partial charge in [0.1, 0.15) is 5.75 Å². The summed E-state index contributed by atoms with van der Waals surface area (Å²) in [6, 6.07) is 19.0. The van der Waals surface area contributed by atoms with Gasteiger partial charge in [-0.1, -0.05) is 44.2 Å². The fraction of sp³-hybridized carbons (Fsp3) is 0.192. The Morgan fingerprint density at radius 3 is 2.45 bits per heavy atom. The number of Topliss-reactive ketones (excluding diaryl/α,β-unsaturated/α-hetero) is 1. The summed E-state index contributed by atoms with van der Waals surface area (Å²) < 4.78 is 7.18. The Bertz CT molecular complexity index is 1240. The van der Waals surface area contributed by atoms with E-state index in [0.717, 1.165) is 22.2 Å². The van der Waals surface area contributed by atoms with Crippen molar-refractivity contribution >= 4 is 22.5 Å². The van der Waals surface area contributed by atoms with Crippen LogP contribution in [0.15, 0.2) is 73.1 Å². The molecule has 0 saturated carbocycles. The Labute approximate surface area is 181 Å². The maximum atomic E-state index is 13.3. The Balaban J connectivity index is 1.73. The molecule has 156 valence electrons. The molecule has 2 aromatic carbocycles. The molecule has 4 aromatic rings. The van der Waals surface area contributed by atoms with E-state index in [0.29, 0.717) is 16.9 Å². The standard InChI is InChI=1S/C26H24N2O3/c1-17(2)25(29)16-28-15-22(21-11-10-20(31-3)13-24(21)28)26(30)19-9-12-23(27-14-19)18-7-5-4-6-8-18/h4-15,17H,16H2,1-3H3. The smallest absolute Gasteiger partial charge is 0.196 e. The molecule has 31 heavy (non-hydrogen) atoms. The minimum absolute atomic E-state index is 0.0862. The molecule has 5 nitrogen and oxygen atoms in total. The lowest BCUT2D eigenvalue weighted by atomic mass is 10.0. The molecule has 0 amide bonds. The van der Waals surface area contributed by atoms with Crippen LogP contribution in [0, 0.1) is 5.92 Å². The number of carbonyl (C=O) groups excluding carboxylic acids is 2. The lowest BCUT2D eigenvalue weighted by Crippen LogP contribution is -2.15. The Kier molecular flexibility index (Phi) is 5.67. The second kappa shape index (κ2) is 8.56. The van der Waals surface area contributed by atoms with Crippen LogP contribution >= 0.6 is 0 Å². The molecular weight excluding hydrogens is 388 g/mol. The molecule has 2 heterocycles. The van der Waals surface area contributed by atoms with Crippen molar-refractivity contribution in [3.05, 3.63) is 84.2 Å². The van der Waals surface area contributed by atoms with Crippen LogP contribution in [-0.4, -0.2) is 28.2 Å².